The predicted molar refractivity (Wildman–Crippen MR) is 117 cm³/mol. The molecule has 0 unspecified atom stereocenters. The summed E-state index contributed by atoms with van der Waals surface area (Å²) < 4.78 is 0. The highest BCUT2D eigenvalue weighted by atomic mass is 33.1. The first-order chi connectivity index (χ1) is 11.9. The van der Waals surface area contributed by atoms with Gasteiger partial charge in [-0.1, -0.05) is 98.6 Å². The monoisotopic (exact) mass is 376 g/mol. The highest BCUT2D eigenvalue weighted by Crippen LogP contribution is 2.24. The Balaban J connectivity index is 2.93. The summed E-state index contributed by atoms with van der Waals surface area (Å²) in [6, 6.07) is 0. The first-order valence-electron chi connectivity index (χ1n) is 10.6. The molecule has 0 aromatic carbocycles. The molecule has 0 aliphatic carbocycles. The first-order valence-corrected chi connectivity index (χ1v) is 13.0. The lowest BCUT2D eigenvalue weighted by molar-refractivity contribution is 0.579. The molecule has 0 bridgehead atoms. The van der Waals surface area contributed by atoms with E-state index in [4.69, 9.17) is 11.5 Å². The maximum absolute atomic E-state index is 5.50. The molecule has 0 heterocycles. The predicted octanol–water partition coefficient (Wildman–Crippen LogP) is 6.53. The van der Waals surface area contributed by atoms with Crippen molar-refractivity contribution in [2.75, 3.05) is 24.6 Å². The fraction of sp³-hybridized carbons (Fsp3) is 1.00. The van der Waals surface area contributed by atoms with Gasteiger partial charge in [-0.15, -0.1) is 0 Å². The van der Waals surface area contributed by atoms with Crippen LogP contribution in [0.15, 0.2) is 0 Å². The van der Waals surface area contributed by atoms with E-state index in [-0.39, 0.29) is 0 Å². The molecule has 0 amide bonds. The normalized spacial score (nSPS) is 11.2. The van der Waals surface area contributed by atoms with Crippen LogP contribution in [0.3, 0.4) is 0 Å². The Morgan fingerprint density at radius 3 is 0.875 bits per heavy atom. The molecule has 0 saturated heterocycles. The molecule has 24 heavy (non-hydrogen) atoms. The topological polar surface area (TPSA) is 52.0 Å². The summed E-state index contributed by atoms with van der Waals surface area (Å²) in [5, 5.41) is 0. The molecule has 0 aromatic heterocycles. The number of unbranched alkanes of at least 4 members (excludes halogenated alkanes) is 14. The number of rotatable bonds is 21. The minimum Gasteiger partial charge on any atom is -0.330 e. The summed E-state index contributed by atoms with van der Waals surface area (Å²) in [5.41, 5.74) is 11.0. The zero-order valence-electron chi connectivity index (χ0n) is 16.1. The van der Waals surface area contributed by atoms with Gasteiger partial charge in [-0.25, -0.2) is 0 Å². The number of hydrogen-bond acceptors (Lipinski definition) is 4. The van der Waals surface area contributed by atoms with Gasteiger partial charge in [0.25, 0.3) is 0 Å². The van der Waals surface area contributed by atoms with Crippen LogP contribution in [0.4, 0.5) is 0 Å². The molecule has 0 aliphatic rings. The molecule has 0 spiro atoms. The summed E-state index contributed by atoms with van der Waals surface area (Å²) in [4.78, 5) is 0. The highest BCUT2D eigenvalue weighted by molar-refractivity contribution is 8.76. The van der Waals surface area contributed by atoms with E-state index in [2.05, 4.69) is 21.6 Å². The largest absolute Gasteiger partial charge is 0.330 e. The number of hydrogen-bond donors (Lipinski definition) is 2. The standard InChI is InChI=1S/C20H44N2S2/c21-17-13-9-5-1-3-7-11-15-19-23-24-20-16-12-8-4-2-6-10-14-18-22/h1-22H2. The quantitative estimate of drug-likeness (QED) is 0.177. The van der Waals surface area contributed by atoms with Crippen molar-refractivity contribution < 1.29 is 0 Å². The number of nitrogens with two attached hydrogens (primary N) is 2. The van der Waals surface area contributed by atoms with Crippen molar-refractivity contribution in [3.63, 3.8) is 0 Å². The van der Waals surface area contributed by atoms with Gasteiger partial charge in [0.2, 0.25) is 0 Å². The van der Waals surface area contributed by atoms with Gasteiger partial charge in [-0.3, -0.25) is 0 Å². The van der Waals surface area contributed by atoms with Gasteiger partial charge in [-0.05, 0) is 38.8 Å². The molecule has 0 atom stereocenters. The van der Waals surface area contributed by atoms with E-state index in [0.29, 0.717) is 0 Å². The van der Waals surface area contributed by atoms with E-state index < -0.39 is 0 Å². The third-order valence-electron chi connectivity index (χ3n) is 4.45. The van der Waals surface area contributed by atoms with E-state index >= 15 is 0 Å². The van der Waals surface area contributed by atoms with Crippen molar-refractivity contribution in [1.29, 1.82) is 0 Å². The van der Waals surface area contributed by atoms with Crippen LogP contribution in [0.5, 0.6) is 0 Å². The van der Waals surface area contributed by atoms with Crippen LogP contribution in [0, 0.1) is 0 Å². The Hall–Kier alpha value is 0.620. The molecular weight excluding hydrogens is 332 g/mol. The molecular formula is C20H44N2S2. The summed E-state index contributed by atoms with van der Waals surface area (Å²) >= 11 is 0. The van der Waals surface area contributed by atoms with Crippen molar-refractivity contribution in [1.82, 2.24) is 0 Å². The zero-order valence-corrected chi connectivity index (χ0v) is 17.7. The first kappa shape index (κ1) is 24.6. The smallest absolute Gasteiger partial charge is 0.00369 e. The summed E-state index contributed by atoms with van der Waals surface area (Å²) in [6.07, 6.45) is 22.0. The van der Waals surface area contributed by atoms with Crippen LogP contribution in [-0.2, 0) is 0 Å². The second kappa shape index (κ2) is 23.6. The second-order valence-corrected chi connectivity index (χ2v) is 9.58. The molecule has 0 rings (SSSR count). The fourth-order valence-electron chi connectivity index (χ4n) is 2.85. The third kappa shape index (κ3) is 22.6. The average Bonchev–Trinajstić information content (AvgIpc) is 2.60. The van der Waals surface area contributed by atoms with Crippen molar-refractivity contribution in [2.45, 2.75) is 103 Å². The minimum absolute atomic E-state index is 0.865. The molecule has 4 N–H and O–H groups in total. The lowest BCUT2D eigenvalue weighted by Gasteiger charge is -2.03. The fourth-order valence-corrected chi connectivity index (χ4v) is 5.14. The molecule has 0 radical (unpaired) electrons. The van der Waals surface area contributed by atoms with Gasteiger partial charge in [0.15, 0.2) is 0 Å². The van der Waals surface area contributed by atoms with E-state index in [0.717, 1.165) is 13.1 Å². The average molecular weight is 377 g/mol. The van der Waals surface area contributed by atoms with Gasteiger partial charge < -0.3 is 11.5 Å². The summed E-state index contributed by atoms with van der Waals surface area (Å²) in [7, 11) is 4.19. The summed E-state index contributed by atoms with van der Waals surface area (Å²) in [5.74, 6) is 2.69. The van der Waals surface area contributed by atoms with Gasteiger partial charge in [-0.2, -0.15) is 0 Å². The Bertz CT molecular complexity index is 194. The molecule has 4 heteroatoms. The van der Waals surface area contributed by atoms with E-state index in [1.165, 1.54) is 114 Å². The SMILES string of the molecule is NCCCCCCCCCCSSCCCCCCCCCCN. The highest BCUT2D eigenvalue weighted by Gasteiger charge is 1.95. The lowest BCUT2D eigenvalue weighted by atomic mass is 10.1. The van der Waals surface area contributed by atoms with Crippen molar-refractivity contribution >= 4 is 21.6 Å². The van der Waals surface area contributed by atoms with E-state index in [1.54, 1.807) is 0 Å². The molecule has 146 valence electrons. The van der Waals surface area contributed by atoms with Crippen LogP contribution in [0.2, 0.25) is 0 Å². The van der Waals surface area contributed by atoms with Crippen LogP contribution < -0.4 is 11.5 Å². The lowest BCUT2D eigenvalue weighted by Crippen LogP contribution is -1.97. The Labute approximate surface area is 160 Å². The maximum atomic E-state index is 5.50. The molecule has 0 saturated carbocycles. The van der Waals surface area contributed by atoms with Gasteiger partial charge >= 0.3 is 0 Å². The van der Waals surface area contributed by atoms with E-state index in [9.17, 15) is 0 Å². The van der Waals surface area contributed by atoms with Gasteiger partial charge in [0.1, 0.15) is 0 Å². The Morgan fingerprint density at radius 1 is 0.333 bits per heavy atom. The molecule has 2 nitrogen and oxygen atoms in total. The zero-order chi connectivity index (χ0) is 17.6. The third-order valence-corrected chi connectivity index (χ3v) is 7.02. The van der Waals surface area contributed by atoms with Crippen LogP contribution >= 0.6 is 21.6 Å². The summed E-state index contributed by atoms with van der Waals surface area (Å²) in [6.45, 7) is 1.73. The Morgan fingerprint density at radius 2 is 0.583 bits per heavy atom. The molecule has 0 aliphatic heterocycles. The van der Waals surface area contributed by atoms with Crippen LogP contribution in [-0.4, -0.2) is 24.6 Å². The van der Waals surface area contributed by atoms with Crippen molar-refractivity contribution in [3.8, 4) is 0 Å². The van der Waals surface area contributed by atoms with Crippen molar-refractivity contribution in [3.05, 3.63) is 0 Å². The van der Waals surface area contributed by atoms with Gasteiger partial charge in [0.05, 0.1) is 0 Å². The maximum Gasteiger partial charge on any atom is 0.00369 e. The molecule has 0 fully saturated rings. The Kier molecular flexibility index (Phi) is 24.2. The van der Waals surface area contributed by atoms with Crippen molar-refractivity contribution in [2.24, 2.45) is 11.5 Å². The van der Waals surface area contributed by atoms with Crippen LogP contribution in [0.25, 0.3) is 0 Å². The second-order valence-electron chi connectivity index (χ2n) is 6.88. The van der Waals surface area contributed by atoms with Gasteiger partial charge in [0, 0.05) is 11.5 Å². The van der Waals surface area contributed by atoms with Crippen LogP contribution in [0.1, 0.15) is 103 Å². The minimum atomic E-state index is 0.865. The van der Waals surface area contributed by atoms with E-state index in [1.807, 2.05) is 0 Å². The molecule has 0 aromatic rings.